The molecule has 0 aromatic rings. The maximum absolute atomic E-state index is 11.2. The first-order chi connectivity index (χ1) is 5.09. The quantitative estimate of drug-likeness (QED) is 0.750. The van der Waals surface area contributed by atoms with Crippen LogP contribution in [-0.2, 0) is 9.84 Å². The number of hydrogen-bond acceptors (Lipinski definition) is 4. The molecule has 0 saturated carbocycles. The highest BCUT2D eigenvalue weighted by Gasteiger charge is 2.26. The van der Waals surface area contributed by atoms with Gasteiger partial charge in [0, 0.05) is 12.7 Å². The Balaban J connectivity index is 2.93. The topological polar surface area (TPSA) is 58.5 Å². The van der Waals surface area contributed by atoms with Crippen LogP contribution in [0.4, 0.5) is 0 Å². The molecule has 0 aliphatic carbocycles. The Morgan fingerprint density at radius 2 is 2.36 bits per heavy atom. The molecule has 0 spiro atoms. The van der Waals surface area contributed by atoms with Gasteiger partial charge in [-0.05, 0) is 23.0 Å². The maximum atomic E-state index is 11.2. The van der Waals surface area contributed by atoms with Crippen LogP contribution < -0.4 is 5.32 Å². The van der Waals surface area contributed by atoms with Crippen molar-refractivity contribution in [3.63, 3.8) is 0 Å². The summed E-state index contributed by atoms with van der Waals surface area (Å²) < 4.78 is 22.4. The molecule has 1 aliphatic heterocycles. The van der Waals surface area contributed by atoms with Crippen LogP contribution in [0.25, 0.3) is 0 Å². The normalized spacial score (nSPS) is 21.3. The van der Waals surface area contributed by atoms with Gasteiger partial charge in [0.15, 0.2) is 0 Å². The fourth-order valence-corrected chi connectivity index (χ4v) is 2.34. The predicted octanol–water partition coefficient (Wildman–Crippen LogP) is 0.226. The SMILES string of the molecule is CNCC1=CN=C(Br)S1(=O)=O. The Morgan fingerprint density at radius 1 is 1.73 bits per heavy atom. The molecule has 0 aromatic heterocycles. The van der Waals surface area contributed by atoms with E-state index in [1.165, 1.54) is 6.20 Å². The van der Waals surface area contributed by atoms with Crippen molar-refractivity contribution in [2.75, 3.05) is 13.6 Å². The second-order valence-electron chi connectivity index (χ2n) is 2.01. The Labute approximate surface area is 73.4 Å². The Bertz CT molecular complexity index is 317. The van der Waals surface area contributed by atoms with Crippen molar-refractivity contribution in [2.45, 2.75) is 0 Å². The van der Waals surface area contributed by atoms with Gasteiger partial charge in [0.25, 0.3) is 0 Å². The molecule has 0 unspecified atom stereocenters. The van der Waals surface area contributed by atoms with Gasteiger partial charge in [-0.2, -0.15) is 0 Å². The van der Waals surface area contributed by atoms with Crippen LogP contribution in [0.3, 0.4) is 0 Å². The number of hydrogen-bond donors (Lipinski definition) is 1. The van der Waals surface area contributed by atoms with Crippen LogP contribution >= 0.6 is 15.9 Å². The number of aliphatic imine (C=N–C) groups is 1. The smallest absolute Gasteiger partial charge is 0.229 e. The second kappa shape index (κ2) is 3.04. The first-order valence-corrected chi connectivity index (χ1v) is 5.18. The van der Waals surface area contributed by atoms with E-state index in [1.807, 2.05) is 0 Å². The van der Waals surface area contributed by atoms with Gasteiger partial charge in [-0.1, -0.05) is 0 Å². The minimum atomic E-state index is -3.26. The molecular weight excluding hydrogens is 232 g/mol. The van der Waals surface area contributed by atoms with Gasteiger partial charge < -0.3 is 5.32 Å². The molecule has 6 heteroatoms. The summed E-state index contributed by atoms with van der Waals surface area (Å²) in [5.41, 5.74) is 0. The van der Waals surface area contributed by atoms with Gasteiger partial charge >= 0.3 is 0 Å². The highest BCUT2D eigenvalue weighted by Crippen LogP contribution is 2.19. The zero-order chi connectivity index (χ0) is 8.48. The zero-order valence-electron chi connectivity index (χ0n) is 5.83. The number of halogens is 1. The molecule has 62 valence electrons. The van der Waals surface area contributed by atoms with Crippen molar-refractivity contribution < 1.29 is 8.42 Å². The molecule has 0 bridgehead atoms. The molecule has 0 amide bonds. The lowest BCUT2D eigenvalue weighted by molar-refractivity contribution is 0.612. The van der Waals surface area contributed by atoms with Crippen molar-refractivity contribution >= 4 is 29.7 Å². The minimum Gasteiger partial charge on any atom is -0.315 e. The van der Waals surface area contributed by atoms with Crippen LogP contribution in [0, 0.1) is 0 Å². The summed E-state index contributed by atoms with van der Waals surface area (Å²) in [4.78, 5) is 3.93. The van der Waals surface area contributed by atoms with Crippen molar-refractivity contribution in [1.29, 1.82) is 0 Å². The van der Waals surface area contributed by atoms with Crippen molar-refractivity contribution in [1.82, 2.24) is 5.32 Å². The van der Waals surface area contributed by atoms with E-state index in [9.17, 15) is 8.42 Å². The van der Waals surface area contributed by atoms with Crippen LogP contribution in [0.15, 0.2) is 16.1 Å². The van der Waals surface area contributed by atoms with E-state index in [0.717, 1.165) is 0 Å². The lowest BCUT2D eigenvalue weighted by Crippen LogP contribution is -2.17. The van der Waals surface area contributed by atoms with E-state index in [1.54, 1.807) is 7.05 Å². The highest BCUT2D eigenvalue weighted by atomic mass is 79.9. The molecule has 1 heterocycles. The summed E-state index contributed by atoms with van der Waals surface area (Å²) >= 11 is 2.85. The second-order valence-corrected chi connectivity index (χ2v) is 5.21. The molecule has 0 saturated heterocycles. The number of rotatable bonds is 2. The van der Waals surface area contributed by atoms with Gasteiger partial charge in [0.2, 0.25) is 13.8 Å². The minimum absolute atomic E-state index is 0.00440. The van der Waals surface area contributed by atoms with Gasteiger partial charge in [-0.25, -0.2) is 13.4 Å². The third kappa shape index (κ3) is 1.52. The lowest BCUT2D eigenvalue weighted by Gasteiger charge is -1.98. The van der Waals surface area contributed by atoms with Crippen molar-refractivity contribution in [2.24, 2.45) is 4.99 Å². The molecule has 0 aromatic carbocycles. The average molecular weight is 239 g/mol. The van der Waals surface area contributed by atoms with E-state index < -0.39 is 9.84 Å². The number of nitrogens with zero attached hydrogens (tertiary/aromatic N) is 1. The van der Waals surface area contributed by atoms with Crippen molar-refractivity contribution in [3.05, 3.63) is 11.1 Å². The number of likely N-dealkylation sites (N-methyl/N-ethyl adjacent to an activating group) is 1. The molecule has 1 aliphatic rings. The van der Waals surface area contributed by atoms with Gasteiger partial charge in [0.1, 0.15) is 0 Å². The summed E-state index contributed by atoms with van der Waals surface area (Å²) in [6.45, 7) is 0.320. The maximum Gasteiger partial charge on any atom is 0.229 e. The first kappa shape index (κ1) is 8.89. The van der Waals surface area contributed by atoms with E-state index in [-0.39, 0.29) is 3.95 Å². The predicted molar refractivity (Wildman–Crippen MR) is 47.3 cm³/mol. The Hall–Kier alpha value is -0.200. The number of sulfone groups is 1. The van der Waals surface area contributed by atoms with Gasteiger partial charge in [-0.15, -0.1) is 0 Å². The Morgan fingerprint density at radius 3 is 2.73 bits per heavy atom. The van der Waals surface area contributed by atoms with Crippen LogP contribution in [0.5, 0.6) is 0 Å². The molecule has 0 atom stereocenters. The van der Waals surface area contributed by atoms with Gasteiger partial charge in [-0.3, -0.25) is 0 Å². The highest BCUT2D eigenvalue weighted by molar-refractivity contribution is 9.21. The molecule has 1 rings (SSSR count). The lowest BCUT2D eigenvalue weighted by atomic mass is 10.6. The van der Waals surface area contributed by atoms with E-state index in [4.69, 9.17) is 0 Å². The standard InChI is InChI=1S/C5H7BrN2O2S/c1-7-2-4-3-8-5(6)11(4,9)10/h3,7H,2H2,1H3. The fourth-order valence-electron chi connectivity index (χ4n) is 0.685. The molecule has 0 radical (unpaired) electrons. The van der Waals surface area contributed by atoms with E-state index in [0.29, 0.717) is 11.4 Å². The third-order valence-electron chi connectivity index (χ3n) is 1.23. The van der Waals surface area contributed by atoms with Crippen LogP contribution in [0.2, 0.25) is 0 Å². The summed E-state index contributed by atoms with van der Waals surface area (Å²) in [5, 5.41) is 2.74. The molecule has 1 N–H and O–H groups in total. The molecule has 11 heavy (non-hydrogen) atoms. The summed E-state index contributed by atoms with van der Waals surface area (Å²) in [6.07, 6.45) is 1.34. The average Bonchev–Trinajstić information content (AvgIpc) is 2.16. The summed E-state index contributed by atoms with van der Waals surface area (Å²) in [6, 6.07) is 0. The Kier molecular flexibility index (Phi) is 2.46. The largest absolute Gasteiger partial charge is 0.315 e. The van der Waals surface area contributed by atoms with Crippen LogP contribution in [0.1, 0.15) is 0 Å². The first-order valence-electron chi connectivity index (χ1n) is 2.91. The van der Waals surface area contributed by atoms with E-state index >= 15 is 0 Å². The fraction of sp³-hybridized carbons (Fsp3) is 0.400. The molecular formula is C5H7BrN2O2S. The molecule has 4 nitrogen and oxygen atoms in total. The van der Waals surface area contributed by atoms with Crippen molar-refractivity contribution in [3.8, 4) is 0 Å². The zero-order valence-corrected chi connectivity index (χ0v) is 8.24. The summed E-state index contributed by atoms with van der Waals surface area (Å²) in [5.74, 6) is 0. The third-order valence-corrected chi connectivity index (χ3v) is 4.20. The molecule has 0 fully saturated rings. The summed E-state index contributed by atoms with van der Waals surface area (Å²) in [7, 11) is -1.58. The monoisotopic (exact) mass is 238 g/mol. The van der Waals surface area contributed by atoms with E-state index in [2.05, 4.69) is 26.2 Å². The van der Waals surface area contributed by atoms with Crippen LogP contribution in [-0.4, -0.2) is 26.0 Å². The number of nitrogens with one attached hydrogen (secondary N) is 1. The van der Waals surface area contributed by atoms with Gasteiger partial charge in [0.05, 0.1) is 4.91 Å².